The van der Waals surface area contributed by atoms with Gasteiger partial charge in [0.15, 0.2) is 0 Å². The molecule has 0 radical (unpaired) electrons. The minimum Gasteiger partial charge on any atom is -0.317 e. The lowest BCUT2D eigenvalue weighted by Gasteiger charge is -2.26. The second-order valence-corrected chi connectivity index (χ2v) is 9.85. The monoisotopic (exact) mass is 447 g/mol. The van der Waals surface area contributed by atoms with Gasteiger partial charge in [-0.25, -0.2) is 0 Å². The maximum Gasteiger partial charge on any atom is 0.225 e. The van der Waals surface area contributed by atoms with Crippen LogP contribution in [-0.2, 0) is 24.3 Å². The first-order valence-electron chi connectivity index (χ1n) is 10.5. The summed E-state index contributed by atoms with van der Waals surface area (Å²) < 4.78 is 0. The average molecular weight is 448 g/mol. The molecule has 4 rings (SSSR count). The van der Waals surface area contributed by atoms with Gasteiger partial charge in [0.05, 0.1) is 5.56 Å². The van der Waals surface area contributed by atoms with Crippen molar-refractivity contribution in [1.29, 1.82) is 5.26 Å². The number of nitrogens with one attached hydrogen (secondary N) is 1. The predicted molar refractivity (Wildman–Crippen MR) is 128 cm³/mol. The van der Waals surface area contributed by atoms with Crippen molar-refractivity contribution >= 4 is 34.0 Å². The first-order chi connectivity index (χ1) is 15.2. The number of fused-ring (bicyclic) bond motifs is 1. The Morgan fingerprint density at radius 3 is 2.61 bits per heavy atom. The molecule has 0 fully saturated rings. The van der Waals surface area contributed by atoms with E-state index in [-0.39, 0.29) is 5.91 Å². The van der Waals surface area contributed by atoms with Crippen LogP contribution in [0.25, 0.3) is 0 Å². The van der Waals surface area contributed by atoms with Gasteiger partial charge in [0, 0.05) is 35.8 Å². The number of thiophene rings is 1. The third-order valence-electron chi connectivity index (χ3n) is 5.31. The molecule has 0 saturated heterocycles. The van der Waals surface area contributed by atoms with Gasteiger partial charge in [-0.3, -0.25) is 9.69 Å². The van der Waals surface area contributed by atoms with Gasteiger partial charge in [-0.05, 0) is 41.9 Å². The number of hydrogen-bond acceptors (Lipinski definition) is 5. The highest BCUT2D eigenvalue weighted by Crippen LogP contribution is 2.37. The molecule has 1 amide bonds. The molecule has 1 N–H and O–H groups in total. The van der Waals surface area contributed by atoms with Crippen LogP contribution in [-0.4, -0.2) is 23.1 Å². The second kappa shape index (κ2) is 10.6. The van der Waals surface area contributed by atoms with Crippen LogP contribution in [0.4, 0.5) is 5.00 Å². The van der Waals surface area contributed by atoms with Crippen LogP contribution >= 0.6 is 23.1 Å². The lowest BCUT2D eigenvalue weighted by Crippen LogP contribution is -2.29. The Morgan fingerprint density at radius 1 is 1.13 bits per heavy atom. The lowest BCUT2D eigenvalue weighted by molar-refractivity contribution is -0.116. The summed E-state index contributed by atoms with van der Waals surface area (Å²) in [7, 11) is 0. The number of thioether (sulfide) groups is 1. The molecule has 4 nitrogen and oxygen atoms in total. The number of benzene rings is 2. The fraction of sp³-hybridized carbons (Fsp3) is 0.280. The first kappa shape index (κ1) is 21.6. The van der Waals surface area contributed by atoms with E-state index in [1.807, 2.05) is 24.3 Å². The van der Waals surface area contributed by atoms with Gasteiger partial charge < -0.3 is 5.32 Å². The van der Waals surface area contributed by atoms with Gasteiger partial charge in [0.25, 0.3) is 0 Å². The Balaban J connectivity index is 1.32. The molecule has 3 aromatic rings. The minimum atomic E-state index is -0.00935. The molecule has 2 heterocycles. The van der Waals surface area contributed by atoms with Crippen molar-refractivity contribution in [2.24, 2.45) is 0 Å². The van der Waals surface area contributed by atoms with Crippen molar-refractivity contribution in [1.82, 2.24) is 4.90 Å². The van der Waals surface area contributed by atoms with Crippen molar-refractivity contribution in [2.45, 2.75) is 37.2 Å². The molecule has 0 saturated carbocycles. The highest BCUT2D eigenvalue weighted by atomic mass is 32.2. The molecule has 158 valence electrons. The van der Waals surface area contributed by atoms with Crippen LogP contribution in [0.5, 0.6) is 0 Å². The summed E-state index contributed by atoms with van der Waals surface area (Å²) in [5.74, 6) is 0.891. The summed E-state index contributed by atoms with van der Waals surface area (Å²) in [6, 6.07) is 23.0. The zero-order valence-corrected chi connectivity index (χ0v) is 19.0. The number of nitrogens with zero attached hydrogens (tertiary/aromatic N) is 2. The maximum absolute atomic E-state index is 12.5. The molecule has 0 bridgehead atoms. The van der Waals surface area contributed by atoms with Gasteiger partial charge in [0.2, 0.25) is 5.91 Å². The maximum atomic E-state index is 12.5. The van der Waals surface area contributed by atoms with Gasteiger partial charge in [-0.2, -0.15) is 5.26 Å². The van der Waals surface area contributed by atoms with Crippen LogP contribution in [0.3, 0.4) is 0 Å². The number of amides is 1. The zero-order chi connectivity index (χ0) is 21.5. The SMILES string of the molecule is N#Cc1c(NC(=O)CCCSc2ccccc2)sc2c1CCN(Cc1ccccc1)C2. The Hall–Kier alpha value is -2.59. The topological polar surface area (TPSA) is 56.1 Å². The van der Waals surface area contributed by atoms with Crippen molar-refractivity contribution in [3.05, 3.63) is 82.2 Å². The second-order valence-electron chi connectivity index (χ2n) is 7.58. The molecule has 0 atom stereocenters. The van der Waals surface area contributed by atoms with Gasteiger partial charge in [-0.15, -0.1) is 23.1 Å². The Kier molecular flexibility index (Phi) is 7.42. The molecule has 0 unspecified atom stereocenters. The highest BCUT2D eigenvalue weighted by Gasteiger charge is 2.25. The van der Waals surface area contributed by atoms with E-state index in [2.05, 4.69) is 52.7 Å². The number of hydrogen-bond donors (Lipinski definition) is 1. The molecule has 1 aromatic heterocycles. The number of carbonyl (C=O) groups excluding carboxylic acids is 1. The summed E-state index contributed by atoms with van der Waals surface area (Å²) in [5, 5.41) is 13.4. The molecular weight excluding hydrogens is 422 g/mol. The number of nitriles is 1. The summed E-state index contributed by atoms with van der Waals surface area (Å²) >= 11 is 3.33. The fourth-order valence-corrected chi connectivity index (χ4v) is 5.90. The molecule has 6 heteroatoms. The molecular formula is C25H25N3OS2. The highest BCUT2D eigenvalue weighted by molar-refractivity contribution is 7.99. The quantitative estimate of drug-likeness (QED) is 0.356. The van der Waals surface area contributed by atoms with E-state index in [9.17, 15) is 10.1 Å². The molecule has 31 heavy (non-hydrogen) atoms. The predicted octanol–water partition coefficient (Wildman–Crippen LogP) is 5.69. The Bertz CT molecular complexity index is 1060. The Labute approximate surface area is 191 Å². The van der Waals surface area contributed by atoms with Crippen LogP contribution in [0.2, 0.25) is 0 Å². The lowest BCUT2D eigenvalue weighted by atomic mass is 10.0. The summed E-state index contributed by atoms with van der Waals surface area (Å²) in [4.78, 5) is 17.3. The van der Waals surface area contributed by atoms with E-state index in [1.54, 1.807) is 23.1 Å². The zero-order valence-electron chi connectivity index (χ0n) is 17.3. The summed E-state index contributed by atoms with van der Waals surface area (Å²) in [6.07, 6.45) is 2.13. The van der Waals surface area contributed by atoms with Crippen LogP contribution in [0.1, 0.15) is 34.4 Å². The summed E-state index contributed by atoms with van der Waals surface area (Å²) in [5.41, 5.74) is 3.07. The van der Waals surface area contributed by atoms with E-state index < -0.39 is 0 Å². The minimum absolute atomic E-state index is 0.00935. The smallest absolute Gasteiger partial charge is 0.225 e. The van der Waals surface area contributed by atoms with Gasteiger partial charge in [0.1, 0.15) is 11.1 Å². The van der Waals surface area contributed by atoms with E-state index in [1.165, 1.54) is 15.3 Å². The molecule has 0 spiro atoms. The van der Waals surface area contributed by atoms with Crippen LogP contribution < -0.4 is 5.32 Å². The number of anilines is 1. The van der Waals surface area contributed by atoms with Crippen molar-refractivity contribution in [3.8, 4) is 6.07 Å². The van der Waals surface area contributed by atoms with Crippen molar-refractivity contribution in [3.63, 3.8) is 0 Å². The molecule has 1 aliphatic rings. The molecule has 2 aromatic carbocycles. The summed E-state index contributed by atoms with van der Waals surface area (Å²) in [6.45, 7) is 2.66. The molecule has 0 aliphatic carbocycles. The van der Waals surface area contributed by atoms with Crippen LogP contribution in [0.15, 0.2) is 65.6 Å². The fourth-order valence-electron chi connectivity index (χ4n) is 3.77. The van der Waals surface area contributed by atoms with Crippen molar-refractivity contribution < 1.29 is 4.79 Å². The van der Waals surface area contributed by atoms with Crippen molar-refractivity contribution in [2.75, 3.05) is 17.6 Å². The van der Waals surface area contributed by atoms with Crippen LogP contribution in [0, 0.1) is 11.3 Å². The average Bonchev–Trinajstić information content (AvgIpc) is 3.14. The van der Waals surface area contributed by atoms with E-state index in [0.717, 1.165) is 48.8 Å². The third kappa shape index (κ3) is 5.76. The largest absolute Gasteiger partial charge is 0.317 e. The number of carbonyl (C=O) groups is 1. The Morgan fingerprint density at radius 2 is 1.87 bits per heavy atom. The van der Waals surface area contributed by atoms with Gasteiger partial charge in [-0.1, -0.05) is 48.5 Å². The number of rotatable bonds is 8. The standard InChI is InChI=1S/C25H25N3OS2/c26-16-22-21-13-14-28(17-19-8-3-1-4-9-19)18-23(21)31-25(22)27-24(29)12-7-15-30-20-10-5-2-6-11-20/h1-6,8-11H,7,12-15,17-18H2,(H,27,29). The normalized spacial score (nSPS) is 13.4. The van der Waals surface area contributed by atoms with Gasteiger partial charge >= 0.3 is 0 Å². The van der Waals surface area contributed by atoms with E-state index in [4.69, 9.17) is 0 Å². The third-order valence-corrected chi connectivity index (χ3v) is 7.54. The van der Waals surface area contributed by atoms with E-state index >= 15 is 0 Å². The van der Waals surface area contributed by atoms with E-state index in [0.29, 0.717) is 12.0 Å². The molecule has 1 aliphatic heterocycles. The first-order valence-corrected chi connectivity index (χ1v) is 12.3.